The molecule has 1 N–H and O–H groups in total. The van der Waals surface area contributed by atoms with Gasteiger partial charge in [0, 0.05) is 26.8 Å². The average Bonchev–Trinajstić information content (AvgIpc) is 2.45. The highest BCUT2D eigenvalue weighted by Gasteiger charge is 2.05. The van der Waals surface area contributed by atoms with Gasteiger partial charge in [-0.15, -0.1) is 0 Å². The molecule has 0 aromatic heterocycles. The second kappa shape index (κ2) is 9.38. The summed E-state index contributed by atoms with van der Waals surface area (Å²) in [5.74, 6) is 6.31. The van der Waals surface area contributed by atoms with Gasteiger partial charge in [0.05, 0.1) is 12.7 Å². The predicted molar refractivity (Wildman–Crippen MR) is 79.8 cm³/mol. The highest BCUT2D eigenvalue weighted by atomic mass is 16.5. The van der Waals surface area contributed by atoms with E-state index < -0.39 is 0 Å². The molecule has 20 heavy (non-hydrogen) atoms. The van der Waals surface area contributed by atoms with Crippen molar-refractivity contribution in [2.75, 3.05) is 41.0 Å². The zero-order valence-electron chi connectivity index (χ0n) is 12.5. The van der Waals surface area contributed by atoms with Gasteiger partial charge < -0.3 is 19.5 Å². The van der Waals surface area contributed by atoms with Crippen molar-refractivity contribution >= 4 is 0 Å². The minimum absolute atomic E-state index is 0.149. The quantitative estimate of drug-likeness (QED) is 0.606. The molecule has 4 heteroatoms. The van der Waals surface area contributed by atoms with Crippen molar-refractivity contribution in [2.24, 2.45) is 0 Å². The van der Waals surface area contributed by atoms with E-state index in [0.717, 1.165) is 37.4 Å². The Hall–Kier alpha value is -1.54. The third-order valence-electron chi connectivity index (χ3n) is 2.91. The fourth-order valence-corrected chi connectivity index (χ4v) is 1.96. The average molecular weight is 277 g/mol. The van der Waals surface area contributed by atoms with Crippen molar-refractivity contribution < 1.29 is 14.6 Å². The normalized spacial score (nSPS) is 10.2. The largest absolute Gasteiger partial charge is 0.495 e. The number of ether oxygens (including phenoxy) is 2. The van der Waals surface area contributed by atoms with Crippen LogP contribution in [0.25, 0.3) is 0 Å². The van der Waals surface area contributed by atoms with Crippen molar-refractivity contribution in [3.63, 3.8) is 0 Å². The van der Waals surface area contributed by atoms with Gasteiger partial charge in [-0.3, -0.25) is 0 Å². The summed E-state index contributed by atoms with van der Waals surface area (Å²) < 4.78 is 10.3. The molecule has 1 aromatic carbocycles. The van der Waals surface area contributed by atoms with E-state index in [-0.39, 0.29) is 6.61 Å². The molecule has 1 aromatic rings. The first-order chi connectivity index (χ1) is 9.71. The molecule has 1 rings (SSSR count). The molecule has 0 amide bonds. The fraction of sp³-hybridized carbons (Fsp3) is 0.500. The first-order valence-corrected chi connectivity index (χ1v) is 6.65. The monoisotopic (exact) mass is 277 g/mol. The van der Waals surface area contributed by atoms with E-state index in [4.69, 9.17) is 14.6 Å². The maximum atomic E-state index is 8.79. The molecule has 110 valence electrons. The third-order valence-corrected chi connectivity index (χ3v) is 2.91. The Morgan fingerprint density at radius 3 is 2.75 bits per heavy atom. The van der Waals surface area contributed by atoms with E-state index in [1.165, 1.54) is 5.56 Å². The Morgan fingerprint density at radius 2 is 2.10 bits per heavy atom. The summed E-state index contributed by atoms with van der Waals surface area (Å²) in [6.45, 7) is 2.46. The van der Waals surface area contributed by atoms with E-state index in [9.17, 15) is 0 Å². The Morgan fingerprint density at radius 1 is 1.30 bits per heavy atom. The number of aliphatic hydroxyl groups is 1. The van der Waals surface area contributed by atoms with E-state index in [0.29, 0.717) is 0 Å². The van der Waals surface area contributed by atoms with Crippen LogP contribution in [0.5, 0.6) is 5.75 Å². The van der Waals surface area contributed by atoms with Crippen molar-refractivity contribution in [3.05, 3.63) is 29.3 Å². The molecule has 4 nitrogen and oxygen atoms in total. The summed E-state index contributed by atoms with van der Waals surface area (Å²) in [6.07, 6.45) is 1.01. The van der Waals surface area contributed by atoms with Gasteiger partial charge in [0.25, 0.3) is 0 Å². The molecule has 0 spiro atoms. The summed E-state index contributed by atoms with van der Waals surface area (Å²) >= 11 is 0. The molecule has 0 aliphatic carbocycles. The first kappa shape index (κ1) is 16.5. The zero-order chi connectivity index (χ0) is 14.8. The number of hydrogen-bond donors (Lipinski definition) is 1. The Balaban J connectivity index is 2.71. The van der Waals surface area contributed by atoms with Crippen LogP contribution in [0.4, 0.5) is 0 Å². The van der Waals surface area contributed by atoms with Gasteiger partial charge >= 0.3 is 0 Å². The van der Waals surface area contributed by atoms with E-state index in [2.05, 4.69) is 23.8 Å². The molecule has 0 saturated carbocycles. The summed E-state index contributed by atoms with van der Waals surface area (Å²) in [6, 6.07) is 5.96. The lowest BCUT2D eigenvalue weighted by Crippen LogP contribution is -2.20. The number of rotatable bonds is 7. The molecule has 0 aliphatic heterocycles. The highest BCUT2D eigenvalue weighted by Crippen LogP contribution is 2.19. The predicted octanol–water partition coefficient (Wildman–Crippen LogP) is 1.51. The van der Waals surface area contributed by atoms with Gasteiger partial charge in [-0.25, -0.2) is 0 Å². The number of benzene rings is 1. The molecule has 0 fully saturated rings. The third kappa shape index (κ3) is 5.62. The van der Waals surface area contributed by atoms with Crippen molar-refractivity contribution in [1.82, 2.24) is 4.90 Å². The Bertz CT molecular complexity index is 463. The Kier molecular flexibility index (Phi) is 7.74. The van der Waals surface area contributed by atoms with Crippen LogP contribution in [0.15, 0.2) is 18.2 Å². The number of methoxy groups -OCH3 is 2. The molecule has 0 aliphatic rings. The maximum Gasteiger partial charge on any atom is 0.134 e. The van der Waals surface area contributed by atoms with Gasteiger partial charge in [0.15, 0.2) is 0 Å². The van der Waals surface area contributed by atoms with Crippen LogP contribution in [0, 0.1) is 11.8 Å². The van der Waals surface area contributed by atoms with Crippen LogP contribution in [0.1, 0.15) is 17.5 Å². The van der Waals surface area contributed by atoms with Crippen molar-refractivity contribution in [3.8, 4) is 17.6 Å². The van der Waals surface area contributed by atoms with Crippen LogP contribution in [0.2, 0.25) is 0 Å². The van der Waals surface area contributed by atoms with Gasteiger partial charge in [-0.2, -0.15) is 0 Å². The second-order valence-corrected chi connectivity index (χ2v) is 4.58. The van der Waals surface area contributed by atoms with E-state index >= 15 is 0 Å². The van der Waals surface area contributed by atoms with Gasteiger partial charge in [0.1, 0.15) is 12.4 Å². The standard InChI is InChI=1S/C16H23NO3/c1-17(9-5-11-19-2)13-14-7-8-16(20-3)15(12-14)6-4-10-18/h7-8,12,18H,5,9-11,13H2,1-3H3. The van der Waals surface area contributed by atoms with Gasteiger partial charge in [0.2, 0.25) is 0 Å². The second-order valence-electron chi connectivity index (χ2n) is 4.58. The zero-order valence-corrected chi connectivity index (χ0v) is 12.5. The lowest BCUT2D eigenvalue weighted by atomic mass is 10.1. The highest BCUT2D eigenvalue weighted by molar-refractivity contribution is 5.48. The molecule has 0 atom stereocenters. The smallest absolute Gasteiger partial charge is 0.134 e. The molecule has 0 unspecified atom stereocenters. The number of nitrogens with zero attached hydrogens (tertiary/aromatic N) is 1. The van der Waals surface area contributed by atoms with Gasteiger partial charge in [-0.1, -0.05) is 17.9 Å². The lowest BCUT2D eigenvalue weighted by molar-refractivity contribution is 0.178. The summed E-state index contributed by atoms with van der Waals surface area (Å²) in [5.41, 5.74) is 1.98. The number of aliphatic hydroxyl groups excluding tert-OH is 1. The Labute approximate surface area is 121 Å². The van der Waals surface area contributed by atoms with Crippen molar-refractivity contribution in [1.29, 1.82) is 0 Å². The topological polar surface area (TPSA) is 41.9 Å². The molecule has 0 saturated heterocycles. The lowest BCUT2D eigenvalue weighted by Gasteiger charge is -2.17. The summed E-state index contributed by atoms with van der Waals surface area (Å²) in [5, 5.41) is 8.79. The van der Waals surface area contributed by atoms with Crippen LogP contribution in [0.3, 0.4) is 0 Å². The van der Waals surface area contributed by atoms with E-state index in [1.54, 1.807) is 14.2 Å². The van der Waals surface area contributed by atoms with Crippen LogP contribution < -0.4 is 4.74 Å². The van der Waals surface area contributed by atoms with E-state index in [1.807, 2.05) is 18.2 Å². The molecule has 0 bridgehead atoms. The fourth-order valence-electron chi connectivity index (χ4n) is 1.96. The first-order valence-electron chi connectivity index (χ1n) is 6.65. The van der Waals surface area contributed by atoms with Crippen molar-refractivity contribution in [2.45, 2.75) is 13.0 Å². The molecular weight excluding hydrogens is 254 g/mol. The minimum Gasteiger partial charge on any atom is -0.495 e. The van der Waals surface area contributed by atoms with Crippen LogP contribution >= 0.6 is 0 Å². The SMILES string of the molecule is COCCCN(C)Cc1ccc(OC)c(C#CCO)c1. The summed E-state index contributed by atoms with van der Waals surface area (Å²) in [4.78, 5) is 2.24. The summed E-state index contributed by atoms with van der Waals surface area (Å²) in [7, 11) is 5.42. The van der Waals surface area contributed by atoms with Gasteiger partial charge in [-0.05, 0) is 31.2 Å². The minimum atomic E-state index is -0.149. The molecule has 0 heterocycles. The molecular formula is C16H23NO3. The van der Waals surface area contributed by atoms with Crippen LogP contribution in [-0.2, 0) is 11.3 Å². The van der Waals surface area contributed by atoms with Crippen LogP contribution in [-0.4, -0.2) is 51.0 Å². The molecule has 0 radical (unpaired) electrons. The number of hydrogen-bond acceptors (Lipinski definition) is 4. The maximum absolute atomic E-state index is 8.79.